The summed E-state index contributed by atoms with van der Waals surface area (Å²) in [6.07, 6.45) is 2.43. The fraction of sp³-hybridized carbons (Fsp3) is 0.368. The maximum Gasteiger partial charge on any atom is 0.195 e. The molecule has 130 valence electrons. The zero-order valence-corrected chi connectivity index (χ0v) is 16.0. The first kappa shape index (κ1) is 16.7. The van der Waals surface area contributed by atoms with E-state index in [1.165, 1.54) is 21.6 Å². The van der Waals surface area contributed by atoms with Crippen molar-refractivity contribution in [2.75, 3.05) is 6.61 Å². The highest BCUT2D eigenvalue weighted by Crippen LogP contribution is 2.38. The van der Waals surface area contributed by atoms with Gasteiger partial charge in [0.05, 0.1) is 12.6 Å². The second kappa shape index (κ2) is 6.86. The lowest BCUT2D eigenvalue weighted by Crippen LogP contribution is -2.16. The van der Waals surface area contributed by atoms with Gasteiger partial charge in [0.25, 0.3) is 0 Å². The first-order valence-corrected chi connectivity index (χ1v) is 9.84. The summed E-state index contributed by atoms with van der Waals surface area (Å²) in [6, 6.07) is 8.67. The van der Waals surface area contributed by atoms with Crippen molar-refractivity contribution in [3.63, 3.8) is 0 Å². The Morgan fingerprint density at radius 2 is 2.12 bits per heavy atom. The highest BCUT2D eigenvalue weighted by Gasteiger charge is 2.22. The summed E-state index contributed by atoms with van der Waals surface area (Å²) in [5.41, 5.74) is 4.86. The summed E-state index contributed by atoms with van der Waals surface area (Å²) in [5.74, 6) is 0.903. The van der Waals surface area contributed by atoms with Gasteiger partial charge >= 0.3 is 0 Å². The van der Waals surface area contributed by atoms with Crippen molar-refractivity contribution in [1.82, 2.24) is 14.8 Å². The van der Waals surface area contributed by atoms with Crippen LogP contribution in [0.1, 0.15) is 23.3 Å². The van der Waals surface area contributed by atoms with Crippen LogP contribution < -0.4 is 0 Å². The molecule has 0 amide bonds. The summed E-state index contributed by atoms with van der Waals surface area (Å²) >= 11 is 7.24. The number of aromatic nitrogens is 3. The van der Waals surface area contributed by atoms with Crippen LogP contribution in [0.5, 0.6) is 0 Å². The van der Waals surface area contributed by atoms with Crippen molar-refractivity contribution in [3.05, 3.63) is 44.9 Å². The molecule has 3 aromatic rings. The van der Waals surface area contributed by atoms with Gasteiger partial charge in [0.2, 0.25) is 0 Å². The number of nitrogens with one attached hydrogen (secondary N) is 1. The number of hydrogen-bond acceptors (Lipinski definition) is 4. The van der Waals surface area contributed by atoms with Gasteiger partial charge in [-0.25, -0.2) is 0 Å². The molecule has 0 radical (unpaired) electrons. The van der Waals surface area contributed by atoms with E-state index in [2.05, 4.69) is 58.3 Å². The van der Waals surface area contributed by atoms with E-state index < -0.39 is 0 Å². The molecular weight excluding hydrogens is 350 g/mol. The molecule has 2 aromatic heterocycles. The number of hydrogen-bond donors (Lipinski definition) is 1. The van der Waals surface area contributed by atoms with Crippen LogP contribution in [0.15, 0.2) is 29.6 Å². The van der Waals surface area contributed by atoms with E-state index in [1.54, 1.807) is 11.3 Å². The molecule has 1 aliphatic rings. The fourth-order valence-corrected chi connectivity index (χ4v) is 4.45. The predicted octanol–water partition coefficient (Wildman–Crippen LogP) is 5.13. The number of nitrogens with zero attached hydrogens (tertiary/aromatic N) is 2. The Labute approximate surface area is 156 Å². The lowest BCUT2D eigenvalue weighted by atomic mass is 10.0. The van der Waals surface area contributed by atoms with Crippen LogP contribution in [0, 0.1) is 18.6 Å². The first-order chi connectivity index (χ1) is 12.1. The number of thiophene rings is 1. The maximum absolute atomic E-state index is 5.80. The zero-order valence-electron chi connectivity index (χ0n) is 14.4. The molecule has 1 saturated heterocycles. The molecule has 1 atom stereocenters. The minimum atomic E-state index is 0.227. The van der Waals surface area contributed by atoms with Crippen LogP contribution in [0.2, 0.25) is 0 Å². The summed E-state index contributed by atoms with van der Waals surface area (Å²) in [7, 11) is 0. The summed E-state index contributed by atoms with van der Waals surface area (Å²) in [5, 5.41) is 9.70. The minimum absolute atomic E-state index is 0.227. The average Bonchev–Trinajstić information content (AvgIpc) is 3.32. The molecule has 0 spiro atoms. The van der Waals surface area contributed by atoms with Gasteiger partial charge in [-0.05, 0) is 44.5 Å². The van der Waals surface area contributed by atoms with Gasteiger partial charge < -0.3 is 4.74 Å². The Balaban J connectivity index is 1.78. The van der Waals surface area contributed by atoms with Crippen molar-refractivity contribution < 1.29 is 4.74 Å². The van der Waals surface area contributed by atoms with Gasteiger partial charge in [-0.15, -0.1) is 11.3 Å². The van der Waals surface area contributed by atoms with Crippen molar-refractivity contribution >= 4 is 23.6 Å². The summed E-state index contributed by atoms with van der Waals surface area (Å²) < 4.78 is 8.54. The Kier molecular flexibility index (Phi) is 4.58. The standard InChI is InChI=1S/C19H21N3OS2/c1-12-5-7-14(8-6-12)17-13(2)25-11-16(17)18-20-21-19(24)22(18)10-15-4-3-9-23-15/h5-8,11,15H,3-4,9-10H2,1-2H3,(H,21,24). The fourth-order valence-electron chi connectivity index (χ4n) is 3.38. The molecule has 1 aromatic carbocycles. The molecule has 1 aliphatic heterocycles. The molecule has 6 heteroatoms. The van der Waals surface area contributed by atoms with Gasteiger partial charge in [0, 0.05) is 28.0 Å². The second-order valence-electron chi connectivity index (χ2n) is 6.54. The molecule has 25 heavy (non-hydrogen) atoms. The van der Waals surface area contributed by atoms with Crippen LogP contribution in [0.25, 0.3) is 22.5 Å². The Morgan fingerprint density at radius 1 is 1.32 bits per heavy atom. The van der Waals surface area contributed by atoms with Crippen LogP contribution in [-0.2, 0) is 11.3 Å². The maximum atomic E-state index is 5.80. The number of H-pyrrole nitrogens is 1. The molecular formula is C19H21N3OS2. The van der Waals surface area contributed by atoms with Crippen molar-refractivity contribution in [3.8, 4) is 22.5 Å². The third-order valence-corrected chi connectivity index (χ3v) is 5.95. The molecule has 4 rings (SSSR count). The van der Waals surface area contributed by atoms with Gasteiger partial charge in [-0.1, -0.05) is 29.8 Å². The lowest BCUT2D eigenvalue weighted by Gasteiger charge is -2.13. The van der Waals surface area contributed by atoms with E-state index in [-0.39, 0.29) is 6.10 Å². The third-order valence-electron chi connectivity index (χ3n) is 4.72. The quantitative estimate of drug-likeness (QED) is 0.646. The highest BCUT2D eigenvalue weighted by atomic mass is 32.1. The van der Waals surface area contributed by atoms with Gasteiger partial charge in [-0.3, -0.25) is 9.67 Å². The SMILES string of the molecule is Cc1ccc(-c2c(-c3n[nH]c(=S)n3CC3CCCO3)csc2C)cc1. The molecule has 0 saturated carbocycles. The average molecular weight is 372 g/mol. The predicted molar refractivity (Wildman–Crippen MR) is 105 cm³/mol. The molecule has 1 N–H and O–H groups in total. The van der Waals surface area contributed by atoms with Crippen molar-refractivity contribution in [2.24, 2.45) is 0 Å². The van der Waals surface area contributed by atoms with E-state index in [4.69, 9.17) is 17.0 Å². The van der Waals surface area contributed by atoms with E-state index in [0.29, 0.717) is 4.77 Å². The number of aryl methyl sites for hydroxylation is 2. The molecule has 0 aliphatic carbocycles. The Morgan fingerprint density at radius 3 is 2.84 bits per heavy atom. The van der Waals surface area contributed by atoms with E-state index in [1.807, 2.05) is 0 Å². The highest BCUT2D eigenvalue weighted by molar-refractivity contribution is 7.71. The van der Waals surface area contributed by atoms with Crippen molar-refractivity contribution in [2.45, 2.75) is 39.3 Å². The van der Waals surface area contributed by atoms with Crippen molar-refractivity contribution in [1.29, 1.82) is 0 Å². The monoisotopic (exact) mass is 371 g/mol. The number of ether oxygens (including phenoxy) is 1. The number of rotatable bonds is 4. The number of aromatic amines is 1. The molecule has 1 unspecified atom stereocenters. The van der Waals surface area contributed by atoms with Gasteiger partial charge in [-0.2, -0.15) is 5.10 Å². The van der Waals surface area contributed by atoms with Gasteiger partial charge in [0.1, 0.15) is 0 Å². The van der Waals surface area contributed by atoms with Crippen LogP contribution >= 0.6 is 23.6 Å². The molecule has 1 fully saturated rings. The summed E-state index contributed by atoms with van der Waals surface area (Å²) in [6.45, 7) is 5.87. The largest absolute Gasteiger partial charge is 0.376 e. The second-order valence-corrected chi connectivity index (χ2v) is 8.02. The topological polar surface area (TPSA) is 42.8 Å². The third kappa shape index (κ3) is 3.21. The van der Waals surface area contributed by atoms with E-state index in [9.17, 15) is 0 Å². The lowest BCUT2D eigenvalue weighted by molar-refractivity contribution is 0.0970. The van der Waals surface area contributed by atoms with Gasteiger partial charge in [0.15, 0.2) is 10.6 Å². The molecule has 4 nitrogen and oxygen atoms in total. The minimum Gasteiger partial charge on any atom is -0.376 e. The molecule has 0 bridgehead atoms. The smallest absolute Gasteiger partial charge is 0.195 e. The molecule has 3 heterocycles. The van der Waals surface area contributed by atoms with Crippen LogP contribution in [0.3, 0.4) is 0 Å². The van der Waals surface area contributed by atoms with E-state index >= 15 is 0 Å². The number of benzene rings is 1. The van der Waals surface area contributed by atoms with Crippen LogP contribution in [0.4, 0.5) is 0 Å². The Bertz CT molecular complexity index is 930. The Hall–Kier alpha value is -1.76. The first-order valence-electron chi connectivity index (χ1n) is 8.56. The van der Waals surface area contributed by atoms with Crippen LogP contribution in [-0.4, -0.2) is 27.5 Å². The van der Waals surface area contributed by atoms with E-state index in [0.717, 1.165) is 37.4 Å². The zero-order chi connectivity index (χ0) is 17.4. The summed E-state index contributed by atoms with van der Waals surface area (Å²) in [4.78, 5) is 1.29. The normalized spacial score (nSPS) is 17.3.